The first-order valence-electron chi connectivity index (χ1n) is 9.30. The van der Waals surface area contributed by atoms with Crippen molar-refractivity contribution in [1.82, 2.24) is 10.7 Å². The number of nitrogens with zero attached hydrogens (tertiary/aromatic N) is 1. The maximum atomic E-state index is 11.7. The minimum Gasteiger partial charge on any atom is -0.489 e. The van der Waals surface area contributed by atoms with Crippen molar-refractivity contribution < 1.29 is 19.1 Å². The molecular weight excluding hydrogens is 438 g/mol. The molecule has 152 valence electrons. The molecule has 2 amide bonds. The van der Waals surface area contributed by atoms with E-state index >= 15 is 0 Å². The number of rotatable bonds is 7. The summed E-state index contributed by atoms with van der Waals surface area (Å²) in [7, 11) is 0. The van der Waals surface area contributed by atoms with Crippen LogP contribution in [0.1, 0.15) is 24.0 Å². The number of carbonyl (C=O) groups excluding carboxylic acids is 2. The van der Waals surface area contributed by atoms with Gasteiger partial charge in [-0.2, -0.15) is 5.10 Å². The monoisotopic (exact) mass is 459 g/mol. The van der Waals surface area contributed by atoms with E-state index in [1.165, 1.54) is 6.21 Å². The average molecular weight is 460 g/mol. The normalized spacial score (nSPS) is 16.0. The van der Waals surface area contributed by atoms with Crippen LogP contribution in [0.4, 0.5) is 0 Å². The lowest BCUT2D eigenvalue weighted by molar-refractivity contribution is -0.139. The van der Waals surface area contributed by atoms with Crippen molar-refractivity contribution >= 4 is 34.0 Å². The summed E-state index contributed by atoms with van der Waals surface area (Å²) in [5.74, 6) is -0.814. The van der Waals surface area contributed by atoms with E-state index in [0.29, 0.717) is 19.8 Å². The van der Waals surface area contributed by atoms with Gasteiger partial charge in [0.25, 0.3) is 0 Å². The van der Waals surface area contributed by atoms with Gasteiger partial charge in [-0.15, -0.1) is 0 Å². The van der Waals surface area contributed by atoms with Crippen molar-refractivity contribution in [3.8, 4) is 5.75 Å². The quantitative estimate of drug-likeness (QED) is 0.378. The van der Waals surface area contributed by atoms with Gasteiger partial charge in [-0.1, -0.05) is 28.1 Å². The second-order valence-corrected chi connectivity index (χ2v) is 7.44. The van der Waals surface area contributed by atoms with Gasteiger partial charge in [0.05, 0.1) is 12.3 Å². The van der Waals surface area contributed by atoms with Crippen molar-refractivity contribution in [1.29, 1.82) is 0 Å². The van der Waals surface area contributed by atoms with E-state index in [-0.39, 0.29) is 6.10 Å². The van der Waals surface area contributed by atoms with Crippen LogP contribution in [-0.4, -0.2) is 37.3 Å². The van der Waals surface area contributed by atoms with Crippen LogP contribution >= 0.6 is 15.9 Å². The van der Waals surface area contributed by atoms with E-state index in [0.717, 1.165) is 34.2 Å². The Morgan fingerprint density at radius 2 is 1.90 bits per heavy atom. The van der Waals surface area contributed by atoms with Crippen molar-refractivity contribution in [2.75, 3.05) is 13.2 Å². The van der Waals surface area contributed by atoms with E-state index in [9.17, 15) is 9.59 Å². The molecule has 1 atom stereocenters. The number of carbonyl (C=O) groups is 2. The molecule has 2 N–H and O–H groups in total. The second kappa shape index (κ2) is 10.7. The van der Waals surface area contributed by atoms with Crippen LogP contribution in [0.15, 0.2) is 58.1 Å². The first kappa shape index (κ1) is 21.0. The smallest absolute Gasteiger partial charge is 0.329 e. The Labute approximate surface area is 177 Å². The lowest BCUT2D eigenvalue weighted by atomic mass is 10.2. The zero-order valence-electron chi connectivity index (χ0n) is 15.8. The molecule has 0 spiro atoms. The molecule has 29 heavy (non-hydrogen) atoms. The van der Waals surface area contributed by atoms with Gasteiger partial charge in [0.1, 0.15) is 12.4 Å². The third-order valence-corrected chi connectivity index (χ3v) is 4.83. The first-order chi connectivity index (χ1) is 14.1. The summed E-state index contributed by atoms with van der Waals surface area (Å²) < 4.78 is 12.2. The van der Waals surface area contributed by atoms with Crippen LogP contribution in [0.3, 0.4) is 0 Å². The third-order valence-electron chi connectivity index (χ3n) is 4.30. The first-order valence-corrected chi connectivity index (χ1v) is 10.1. The van der Waals surface area contributed by atoms with Crippen LogP contribution in [0.2, 0.25) is 0 Å². The highest BCUT2D eigenvalue weighted by molar-refractivity contribution is 9.10. The molecule has 0 radical (unpaired) electrons. The summed E-state index contributed by atoms with van der Waals surface area (Å²) in [4.78, 5) is 23.5. The highest BCUT2D eigenvalue weighted by atomic mass is 79.9. The lowest BCUT2D eigenvalue weighted by Crippen LogP contribution is -2.41. The van der Waals surface area contributed by atoms with Crippen molar-refractivity contribution in [2.24, 2.45) is 5.10 Å². The Hall–Kier alpha value is -2.71. The SMILES string of the molecule is O=C(NC[C@H]1CCCO1)C(=O)N/N=C\c1ccc(OCc2ccc(Br)cc2)cc1. The largest absolute Gasteiger partial charge is 0.489 e. The number of hydrazone groups is 1. The Morgan fingerprint density at radius 3 is 2.59 bits per heavy atom. The highest BCUT2D eigenvalue weighted by Gasteiger charge is 2.18. The highest BCUT2D eigenvalue weighted by Crippen LogP contribution is 2.15. The van der Waals surface area contributed by atoms with Gasteiger partial charge in [-0.25, -0.2) is 5.43 Å². The Morgan fingerprint density at radius 1 is 1.14 bits per heavy atom. The van der Waals surface area contributed by atoms with Gasteiger partial charge >= 0.3 is 11.8 Å². The number of hydrogen-bond acceptors (Lipinski definition) is 5. The molecule has 1 saturated heterocycles. The minimum atomic E-state index is -0.811. The van der Waals surface area contributed by atoms with Gasteiger partial charge in [0.2, 0.25) is 0 Å². The molecule has 2 aromatic carbocycles. The molecule has 1 aliphatic rings. The Kier molecular flexibility index (Phi) is 7.77. The molecule has 0 aliphatic carbocycles. The zero-order valence-corrected chi connectivity index (χ0v) is 17.4. The zero-order chi connectivity index (χ0) is 20.5. The molecule has 1 aliphatic heterocycles. The number of nitrogens with one attached hydrogen (secondary N) is 2. The standard InChI is InChI=1S/C21H22BrN3O4/c22-17-7-3-16(4-8-17)14-29-18-9-5-15(6-10-18)12-24-25-21(27)20(26)23-13-19-2-1-11-28-19/h3-10,12,19H,1-2,11,13-14H2,(H,23,26)(H,25,27)/b24-12-/t19-/m1/s1. The summed E-state index contributed by atoms with van der Waals surface area (Å²) in [6, 6.07) is 15.2. The van der Waals surface area contributed by atoms with Crippen LogP contribution in [0, 0.1) is 0 Å². The molecule has 3 rings (SSSR count). The summed E-state index contributed by atoms with van der Waals surface area (Å²) in [6.07, 6.45) is 3.32. The van der Waals surface area contributed by atoms with E-state index in [2.05, 4.69) is 31.8 Å². The van der Waals surface area contributed by atoms with E-state index < -0.39 is 11.8 Å². The molecule has 0 unspecified atom stereocenters. The van der Waals surface area contributed by atoms with E-state index in [4.69, 9.17) is 9.47 Å². The summed E-state index contributed by atoms with van der Waals surface area (Å²) in [5, 5.41) is 6.35. The Bertz CT molecular complexity index is 847. The number of ether oxygens (including phenoxy) is 2. The summed E-state index contributed by atoms with van der Waals surface area (Å²) in [6.45, 7) is 1.50. The van der Waals surface area contributed by atoms with Gasteiger partial charge in [0, 0.05) is 17.6 Å². The minimum absolute atomic E-state index is 0.0141. The molecule has 7 nitrogen and oxygen atoms in total. The molecule has 1 heterocycles. The molecule has 0 bridgehead atoms. The van der Waals surface area contributed by atoms with Crippen molar-refractivity contribution in [3.63, 3.8) is 0 Å². The molecule has 0 saturated carbocycles. The van der Waals surface area contributed by atoms with Crippen LogP contribution in [0.25, 0.3) is 0 Å². The predicted octanol–water partition coefficient (Wildman–Crippen LogP) is 2.77. The van der Waals surface area contributed by atoms with Crippen molar-refractivity contribution in [3.05, 3.63) is 64.1 Å². The number of amides is 2. The topological polar surface area (TPSA) is 89.0 Å². The fourth-order valence-electron chi connectivity index (χ4n) is 2.71. The van der Waals surface area contributed by atoms with E-state index in [1.54, 1.807) is 0 Å². The molecule has 2 aromatic rings. The molecule has 8 heteroatoms. The number of benzene rings is 2. The average Bonchev–Trinajstić information content (AvgIpc) is 3.26. The molecular formula is C21H22BrN3O4. The van der Waals surface area contributed by atoms with Crippen LogP contribution in [0.5, 0.6) is 5.75 Å². The van der Waals surface area contributed by atoms with Crippen LogP contribution in [-0.2, 0) is 20.9 Å². The maximum absolute atomic E-state index is 11.7. The van der Waals surface area contributed by atoms with Crippen molar-refractivity contribution in [2.45, 2.75) is 25.6 Å². The third kappa shape index (κ3) is 6.99. The van der Waals surface area contributed by atoms with Gasteiger partial charge in [-0.3, -0.25) is 9.59 Å². The lowest BCUT2D eigenvalue weighted by Gasteiger charge is -2.09. The van der Waals surface area contributed by atoms with E-state index in [1.807, 2.05) is 48.5 Å². The number of hydrogen-bond donors (Lipinski definition) is 2. The summed E-state index contributed by atoms with van der Waals surface area (Å²) >= 11 is 3.40. The summed E-state index contributed by atoms with van der Waals surface area (Å²) in [5.41, 5.74) is 4.05. The number of halogens is 1. The van der Waals surface area contributed by atoms with Gasteiger partial charge in [-0.05, 0) is 60.4 Å². The predicted molar refractivity (Wildman–Crippen MR) is 113 cm³/mol. The fraction of sp³-hybridized carbons (Fsp3) is 0.286. The fourth-order valence-corrected chi connectivity index (χ4v) is 2.97. The second-order valence-electron chi connectivity index (χ2n) is 6.53. The maximum Gasteiger partial charge on any atom is 0.329 e. The van der Waals surface area contributed by atoms with Gasteiger partial charge < -0.3 is 14.8 Å². The molecule has 0 aromatic heterocycles. The van der Waals surface area contributed by atoms with Gasteiger partial charge in [0.15, 0.2) is 0 Å². The van der Waals surface area contributed by atoms with Crippen LogP contribution < -0.4 is 15.5 Å². The Balaban J connectivity index is 1.40. The molecule has 1 fully saturated rings.